The summed E-state index contributed by atoms with van der Waals surface area (Å²) in [6.07, 6.45) is 8.14. The molecule has 1 heterocycles. The van der Waals surface area contributed by atoms with Crippen LogP contribution in [-0.2, 0) is 9.59 Å². The van der Waals surface area contributed by atoms with Gasteiger partial charge in [0.2, 0.25) is 5.91 Å². The molecule has 0 bridgehead atoms. The number of rotatable bonds is 5. The van der Waals surface area contributed by atoms with Crippen LogP contribution in [0.5, 0.6) is 0 Å². The Labute approximate surface area is 119 Å². The van der Waals surface area contributed by atoms with E-state index < -0.39 is 0 Å². The number of aromatic nitrogens is 1. The van der Waals surface area contributed by atoms with E-state index in [0.717, 1.165) is 37.7 Å². The molecule has 1 saturated carbocycles. The van der Waals surface area contributed by atoms with Gasteiger partial charge in [-0.3, -0.25) is 9.78 Å². The fraction of sp³-hybridized carbons (Fsp3) is 0.533. The average Bonchev–Trinajstić information content (AvgIpc) is 2.48. The Balaban J connectivity index is 1.81. The van der Waals surface area contributed by atoms with Crippen molar-refractivity contribution in [1.29, 1.82) is 0 Å². The number of nitrogens with one attached hydrogen (secondary N) is 1. The molecule has 1 fully saturated rings. The number of pyridine rings is 1. The van der Waals surface area contributed by atoms with Gasteiger partial charge in [0.15, 0.2) is 0 Å². The molecule has 1 aromatic heterocycles. The number of aldehydes is 1. The summed E-state index contributed by atoms with van der Waals surface area (Å²) in [6, 6.07) is 3.50. The zero-order valence-corrected chi connectivity index (χ0v) is 11.5. The first kappa shape index (κ1) is 14.7. The zero-order chi connectivity index (χ0) is 14.4. The molecule has 1 amide bonds. The van der Waals surface area contributed by atoms with Crippen LogP contribution in [0.1, 0.15) is 32.1 Å². The van der Waals surface area contributed by atoms with Crippen molar-refractivity contribution in [2.24, 2.45) is 17.6 Å². The predicted molar refractivity (Wildman–Crippen MR) is 77.0 cm³/mol. The van der Waals surface area contributed by atoms with E-state index in [4.69, 9.17) is 5.73 Å². The molecule has 108 valence electrons. The Morgan fingerprint density at radius 1 is 1.35 bits per heavy atom. The normalized spacial score (nSPS) is 23.9. The van der Waals surface area contributed by atoms with Crippen molar-refractivity contribution in [2.75, 3.05) is 5.32 Å². The molecule has 0 aromatic carbocycles. The zero-order valence-electron chi connectivity index (χ0n) is 11.5. The number of amides is 1. The lowest BCUT2D eigenvalue weighted by Gasteiger charge is -2.30. The second-order valence-electron chi connectivity index (χ2n) is 5.40. The second kappa shape index (κ2) is 7.14. The molecule has 5 heteroatoms. The highest BCUT2D eigenvalue weighted by Gasteiger charge is 2.29. The molecule has 0 aliphatic heterocycles. The maximum atomic E-state index is 12.2. The molecule has 20 heavy (non-hydrogen) atoms. The lowest BCUT2D eigenvalue weighted by Crippen LogP contribution is -2.35. The molecular weight excluding hydrogens is 254 g/mol. The van der Waals surface area contributed by atoms with Crippen LogP contribution in [0.15, 0.2) is 24.5 Å². The Morgan fingerprint density at radius 2 is 2.00 bits per heavy atom. The first-order chi connectivity index (χ1) is 9.70. The Bertz CT molecular complexity index is 442. The SMILES string of the molecule is NC(CC=O)C1CCC(C(=O)Nc2ccncc2)CC1. The molecule has 1 unspecified atom stereocenters. The molecule has 1 aliphatic rings. The minimum Gasteiger partial charge on any atom is -0.327 e. The van der Waals surface area contributed by atoms with Crippen LogP contribution in [0.2, 0.25) is 0 Å². The summed E-state index contributed by atoms with van der Waals surface area (Å²) < 4.78 is 0. The summed E-state index contributed by atoms with van der Waals surface area (Å²) in [5.74, 6) is 0.478. The van der Waals surface area contributed by atoms with Crippen molar-refractivity contribution in [3.63, 3.8) is 0 Å². The van der Waals surface area contributed by atoms with Crippen LogP contribution in [0.25, 0.3) is 0 Å². The molecule has 5 nitrogen and oxygen atoms in total. The van der Waals surface area contributed by atoms with E-state index in [2.05, 4.69) is 10.3 Å². The lowest BCUT2D eigenvalue weighted by atomic mass is 9.77. The highest BCUT2D eigenvalue weighted by Crippen LogP contribution is 2.31. The first-order valence-corrected chi connectivity index (χ1v) is 7.11. The third-order valence-corrected chi connectivity index (χ3v) is 4.06. The maximum Gasteiger partial charge on any atom is 0.227 e. The average molecular weight is 275 g/mol. The van der Waals surface area contributed by atoms with E-state index in [-0.39, 0.29) is 17.9 Å². The molecule has 3 N–H and O–H groups in total. The molecule has 0 radical (unpaired) electrons. The van der Waals surface area contributed by atoms with Gasteiger partial charge in [0.1, 0.15) is 6.29 Å². The largest absolute Gasteiger partial charge is 0.327 e. The number of carbonyl (C=O) groups excluding carboxylic acids is 2. The number of nitrogens with two attached hydrogens (primary N) is 1. The van der Waals surface area contributed by atoms with Crippen molar-refractivity contribution in [3.05, 3.63) is 24.5 Å². The molecule has 0 spiro atoms. The van der Waals surface area contributed by atoms with Gasteiger partial charge in [0.25, 0.3) is 0 Å². The summed E-state index contributed by atoms with van der Waals surface area (Å²) in [4.78, 5) is 26.6. The summed E-state index contributed by atoms with van der Waals surface area (Å²) in [5.41, 5.74) is 6.75. The highest BCUT2D eigenvalue weighted by atomic mass is 16.1. The fourth-order valence-electron chi connectivity index (χ4n) is 2.79. The van der Waals surface area contributed by atoms with Gasteiger partial charge in [-0.1, -0.05) is 0 Å². The van der Waals surface area contributed by atoms with Gasteiger partial charge < -0.3 is 15.8 Å². The van der Waals surface area contributed by atoms with Crippen molar-refractivity contribution < 1.29 is 9.59 Å². The van der Waals surface area contributed by atoms with Crippen LogP contribution >= 0.6 is 0 Å². The van der Waals surface area contributed by atoms with Crippen LogP contribution in [0.3, 0.4) is 0 Å². The summed E-state index contributed by atoms with van der Waals surface area (Å²) in [5, 5.41) is 2.91. The number of carbonyl (C=O) groups is 2. The van der Waals surface area contributed by atoms with E-state index in [1.165, 1.54) is 0 Å². The quantitative estimate of drug-likeness (QED) is 0.802. The van der Waals surface area contributed by atoms with E-state index >= 15 is 0 Å². The number of hydrogen-bond acceptors (Lipinski definition) is 4. The van der Waals surface area contributed by atoms with Crippen LogP contribution in [0.4, 0.5) is 5.69 Å². The Morgan fingerprint density at radius 3 is 2.60 bits per heavy atom. The molecule has 2 rings (SSSR count). The van der Waals surface area contributed by atoms with E-state index in [0.29, 0.717) is 12.3 Å². The van der Waals surface area contributed by atoms with Gasteiger partial charge >= 0.3 is 0 Å². The predicted octanol–water partition coefficient (Wildman–Crippen LogP) is 1.74. The van der Waals surface area contributed by atoms with E-state index in [9.17, 15) is 9.59 Å². The third-order valence-electron chi connectivity index (χ3n) is 4.06. The number of anilines is 1. The molecule has 0 saturated heterocycles. The van der Waals surface area contributed by atoms with Crippen LogP contribution < -0.4 is 11.1 Å². The van der Waals surface area contributed by atoms with Gasteiger partial charge in [-0.15, -0.1) is 0 Å². The first-order valence-electron chi connectivity index (χ1n) is 7.11. The molecule has 1 aliphatic carbocycles. The van der Waals surface area contributed by atoms with Gasteiger partial charge in [-0.2, -0.15) is 0 Å². The van der Waals surface area contributed by atoms with Crippen molar-refractivity contribution in [2.45, 2.75) is 38.1 Å². The standard InChI is InChI=1S/C15H21N3O2/c16-14(7-10-19)11-1-3-12(4-2-11)15(20)18-13-5-8-17-9-6-13/h5-6,8-12,14H,1-4,7,16H2,(H,17,18,20). The van der Waals surface area contributed by atoms with Crippen molar-refractivity contribution >= 4 is 17.9 Å². The minimum atomic E-state index is -0.0586. The van der Waals surface area contributed by atoms with Gasteiger partial charge in [-0.25, -0.2) is 0 Å². The van der Waals surface area contributed by atoms with Crippen LogP contribution in [-0.4, -0.2) is 23.2 Å². The lowest BCUT2D eigenvalue weighted by molar-refractivity contribution is -0.121. The summed E-state index contributed by atoms with van der Waals surface area (Å²) >= 11 is 0. The van der Waals surface area contributed by atoms with Crippen molar-refractivity contribution in [3.8, 4) is 0 Å². The third kappa shape index (κ3) is 3.87. The highest BCUT2D eigenvalue weighted by molar-refractivity contribution is 5.92. The van der Waals surface area contributed by atoms with E-state index in [1.54, 1.807) is 24.5 Å². The molecule has 1 aromatic rings. The van der Waals surface area contributed by atoms with Crippen molar-refractivity contribution in [1.82, 2.24) is 4.98 Å². The Kier molecular flexibility index (Phi) is 5.24. The summed E-state index contributed by atoms with van der Waals surface area (Å²) in [7, 11) is 0. The topological polar surface area (TPSA) is 85.1 Å². The Hall–Kier alpha value is -1.75. The van der Waals surface area contributed by atoms with Gasteiger partial charge in [-0.05, 0) is 43.7 Å². The number of hydrogen-bond donors (Lipinski definition) is 2. The maximum absolute atomic E-state index is 12.2. The number of nitrogens with zero attached hydrogens (tertiary/aromatic N) is 1. The van der Waals surface area contributed by atoms with Gasteiger partial charge in [0, 0.05) is 36.5 Å². The second-order valence-corrected chi connectivity index (χ2v) is 5.40. The molecule has 1 atom stereocenters. The van der Waals surface area contributed by atoms with E-state index in [1.807, 2.05) is 0 Å². The minimum absolute atomic E-state index is 0.0443. The van der Waals surface area contributed by atoms with Crippen LogP contribution in [0, 0.1) is 11.8 Å². The summed E-state index contributed by atoms with van der Waals surface area (Å²) in [6.45, 7) is 0. The monoisotopic (exact) mass is 275 g/mol. The van der Waals surface area contributed by atoms with Gasteiger partial charge in [0.05, 0.1) is 0 Å². The molecular formula is C15H21N3O2. The fourth-order valence-corrected chi connectivity index (χ4v) is 2.79. The smallest absolute Gasteiger partial charge is 0.227 e.